The van der Waals surface area contributed by atoms with Crippen LogP contribution in [0.1, 0.15) is 52.3 Å². The number of aromatic nitrogens is 2. The Morgan fingerprint density at radius 2 is 1.82 bits per heavy atom. The predicted octanol–water partition coefficient (Wildman–Crippen LogP) is 1.59. The Bertz CT molecular complexity index is 421. The molecule has 0 spiro atoms. The molecule has 2 fully saturated rings. The maximum Gasteiger partial charge on any atom is 0.513 e. The summed E-state index contributed by atoms with van der Waals surface area (Å²) in [6.07, 6.45) is 4.34. The number of aromatic amines is 1. The van der Waals surface area contributed by atoms with Crippen LogP contribution in [0.25, 0.3) is 0 Å². The largest absolute Gasteiger partial charge is 0.513 e. The summed E-state index contributed by atoms with van der Waals surface area (Å²) < 4.78 is 11.9. The van der Waals surface area contributed by atoms with Crippen LogP contribution in [0.15, 0.2) is 6.20 Å². The molecule has 1 saturated heterocycles. The number of nitrogens with one attached hydrogen (secondary N) is 1. The zero-order valence-corrected chi connectivity index (χ0v) is 10.9. The standard InChI is InChI=1S/C12H19BN2O2/c1-11(2)12(3,4)17-13(16-11)9-7-14-10(15-9)8-5-6-8/h7-8H,5-6H2,1-4H3,(H,14,15). The van der Waals surface area contributed by atoms with Gasteiger partial charge in [0, 0.05) is 12.1 Å². The summed E-state index contributed by atoms with van der Waals surface area (Å²) in [4.78, 5) is 7.73. The van der Waals surface area contributed by atoms with E-state index in [1.165, 1.54) is 12.8 Å². The molecule has 4 nitrogen and oxygen atoms in total. The summed E-state index contributed by atoms with van der Waals surface area (Å²) in [6, 6.07) is 0. The third kappa shape index (κ3) is 1.81. The monoisotopic (exact) mass is 234 g/mol. The molecule has 17 heavy (non-hydrogen) atoms. The lowest BCUT2D eigenvalue weighted by atomic mass is 9.86. The number of imidazole rings is 1. The Morgan fingerprint density at radius 1 is 1.24 bits per heavy atom. The van der Waals surface area contributed by atoms with Gasteiger partial charge in [-0.2, -0.15) is 0 Å². The Kier molecular flexibility index (Phi) is 2.23. The first kappa shape index (κ1) is 11.3. The molecule has 2 aliphatic rings. The number of rotatable bonds is 2. The van der Waals surface area contributed by atoms with Gasteiger partial charge in [-0.05, 0) is 40.5 Å². The molecule has 5 heteroatoms. The van der Waals surface area contributed by atoms with Crippen LogP contribution in [0, 0.1) is 0 Å². The van der Waals surface area contributed by atoms with Gasteiger partial charge in [0.25, 0.3) is 0 Å². The molecule has 1 N–H and O–H groups in total. The fraction of sp³-hybridized carbons (Fsp3) is 0.750. The maximum absolute atomic E-state index is 5.97. The zero-order valence-electron chi connectivity index (χ0n) is 10.9. The number of hydrogen-bond acceptors (Lipinski definition) is 3. The molecule has 3 rings (SSSR count). The quantitative estimate of drug-likeness (QED) is 0.790. The van der Waals surface area contributed by atoms with Crippen molar-refractivity contribution in [3.8, 4) is 0 Å². The highest BCUT2D eigenvalue weighted by atomic mass is 16.7. The van der Waals surface area contributed by atoms with Gasteiger partial charge in [-0.1, -0.05) is 0 Å². The molecule has 1 aromatic heterocycles. The minimum absolute atomic E-state index is 0.289. The van der Waals surface area contributed by atoms with E-state index in [0.717, 1.165) is 11.4 Å². The van der Waals surface area contributed by atoms with Crippen molar-refractivity contribution in [2.24, 2.45) is 0 Å². The molecule has 0 radical (unpaired) electrons. The van der Waals surface area contributed by atoms with E-state index in [4.69, 9.17) is 9.31 Å². The average molecular weight is 234 g/mol. The van der Waals surface area contributed by atoms with Gasteiger partial charge in [-0.3, -0.25) is 0 Å². The molecule has 2 heterocycles. The molecule has 0 bridgehead atoms. The summed E-state index contributed by atoms with van der Waals surface area (Å²) in [6.45, 7) is 8.24. The van der Waals surface area contributed by atoms with Crippen LogP contribution in [0.4, 0.5) is 0 Å². The SMILES string of the molecule is CC1(C)OB(c2cnc(C3CC3)[nH]2)OC1(C)C. The highest BCUT2D eigenvalue weighted by Gasteiger charge is 2.52. The van der Waals surface area contributed by atoms with Crippen molar-refractivity contribution in [3.05, 3.63) is 12.0 Å². The molecule has 1 aliphatic heterocycles. The molecule has 0 atom stereocenters. The molecule has 92 valence electrons. The second kappa shape index (κ2) is 3.36. The second-order valence-corrected chi connectivity index (χ2v) is 6.09. The summed E-state index contributed by atoms with van der Waals surface area (Å²) in [5, 5.41) is 0. The molecule has 1 aliphatic carbocycles. The van der Waals surface area contributed by atoms with Crippen LogP contribution in [-0.4, -0.2) is 28.3 Å². The van der Waals surface area contributed by atoms with E-state index in [9.17, 15) is 0 Å². The van der Waals surface area contributed by atoms with Crippen molar-refractivity contribution >= 4 is 12.7 Å². The minimum Gasteiger partial charge on any atom is -0.398 e. The highest BCUT2D eigenvalue weighted by Crippen LogP contribution is 2.38. The van der Waals surface area contributed by atoms with Crippen molar-refractivity contribution in [1.82, 2.24) is 9.97 Å². The molecular formula is C12H19BN2O2. The Labute approximate surface area is 102 Å². The van der Waals surface area contributed by atoms with E-state index in [0.29, 0.717) is 5.92 Å². The summed E-state index contributed by atoms with van der Waals surface area (Å²) in [5.74, 6) is 1.71. The molecule has 0 unspecified atom stereocenters. The molecule has 0 aromatic carbocycles. The van der Waals surface area contributed by atoms with Crippen molar-refractivity contribution < 1.29 is 9.31 Å². The lowest BCUT2D eigenvalue weighted by molar-refractivity contribution is 0.00578. The van der Waals surface area contributed by atoms with E-state index in [-0.39, 0.29) is 18.3 Å². The fourth-order valence-electron chi connectivity index (χ4n) is 2.01. The van der Waals surface area contributed by atoms with E-state index in [1.54, 1.807) is 0 Å². The second-order valence-electron chi connectivity index (χ2n) is 6.09. The topological polar surface area (TPSA) is 47.1 Å². The fourth-order valence-corrected chi connectivity index (χ4v) is 2.01. The molecule has 1 aromatic rings. The van der Waals surface area contributed by atoms with Gasteiger partial charge in [0.15, 0.2) is 0 Å². The Balaban J connectivity index is 1.81. The van der Waals surface area contributed by atoms with E-state index >= 15 is 0 Å². The summed E-state index contributed by atoms with van der Waals surface area (Å²) in [5.41, 5.74) is 0.357. The van der Waals surface area contributed by atoms with E-state index in [2.05, 4.69) is 37.7 Å². The first-order valence-electron chi connectivity index (χ1n) is 6.29. The third-order valence-corrected chi connectivity index (χ3v) is 4.09. The van der Waals surface area contributed by atoms with Crippen LogP contribution < -0.4 is 5.59 Å². The van der Waals surface area contributed by atoms with Gasteiger partial charge in [0.05, 0.1) is 16.8 Å². The summed E-state index contributed by atoms with van der Waals surface area (Å²) >= 11 is 0. The highest BCUT2D eigenvalue weighted by molar-refractivity contribution is 6.61. The third-order valence-electron chi connectivity index (χ3n) is 4.09. The van der Waals surface area contributed by atoms with Crippen LogP contribution in [0.5, 0.6) is 0 Å². The maximum atomic E-state index is 5.97. The van der Waals surface area contributed by atoms with Crippen LogP contribution >= 0.6 is 0 Å². The number of hydrogen-bond donors (Lipinski definition) is 1. The van der Waals surface area contributed by atoms with Crippen molar-refractivity contribution in [2.75, 3.05) is 0 Å². The zero-order chi connectivity index (χ0) is 12.3. The lowest BCUT2D eigenvalue weighted by Gasteiger charge is -2.32. The average Bonchev–Trinajstić information content (AvgIpc) is 2.89. The lowest BCUT2D eigenvalue weighted by Crippen LogP contribution is -2.41. The Hall–Kier alpha value is -0.805. The van der Waals surface area contributed by atoms with Crippen molar-refractivity contribution in [2.45, 2.75) is 57.7 Å². The van der Waals surface area contributed by atoms with Gasteiger partial charge in [-0.15, -0.1) is 0 Å². The smallest absolute Gasteiger partial charge is 0.398 e. The number of H-pyrrole nitrogens is 1. The summed E-state index contributed by atoms with van der Waals surface area (Å²) in [7, 11) is -0.319. The minimum atomic E-state index is -0.319. The molecular weight excluding hydrogens is 215 g/mol. The van der Waals surface area contributed by atoms with Gasteiger partial charge in [0.2, 0.25) is 0 Å². The first-order chi connectivity index (χ1) is 7.89. The van der Waals surface area contributed by atoms with Crippen LogP contribution in [-0.2, 0) is 9.31 Å². The normalized spacial score (nSPS) is 26.5. The van der Waals surface area contributed by atoms with Crippen LogP contribution in [0.2, 0.25) is 0 Å². The van der Waals surface area contributed by atoms with Gasteiger partial charge in [0.1, 0.15) is 5.82 Å². The van der Waals surface area contributed by atoms with Gasteiger partial charge < -0.3 is 14.3 Å². The van der Waals surface area contributed by atoms with Crippen molar-refractivity contribution in [1.29, 1.82) is 0 Å². The van der Waals surface area contributed by atoms with Crippen LogP contribution in [0.3, 0.4) is 0 Å². The molecule has 1 saturated carbocycles. The Morgan fingerprint density at radius 3 is 2.35 bits per heavy atom. The van der Waals surface area contributed by atoms with E-state index < -0.39 is 0 Å². The predicted molar refractivity (Wildman–Crippen MR) is 66.3 cm³/mol. The molecule has 0 amide bonds. The van der Waals surface area contributed by atoms with E-state index in [1.807, 2.05) is 6.20 Å². The first-order valence-corrected chi connectivity index (χ1v) is 6.29. The van der Waals surface area contributed by atoms with Gasteiger partial charge in [-0.25, -0.2) is 4.98 Å². The van der Waals surface area contributed by atoms with Gasteiger partial charge >= 0.3 is 7.12 Å². The van der Waals surface area contributed by atoms with Crippen molar-refractivity contribution in [3.63, 3.8) is 0 Å². The number of nitrogens with zero attached hydrogens (tertiary/aromatic N) is 1.